The summed E-state index contributed by atoms with van der Waals surface area (Å²) in [5, 5.41) is 3.60. The Morgan fingerprint density at radius 2 is 2.00 bits per heavy atom. The van der Waals surface area contributed by atoms with Crippen molar-refractivity contribution in [2.45, 2.75) is 20.8 Å². The maximum atomic E-state index is 11.8. The van der Waals surface area contributed by atoms with Gasteiger partial charge in [0.25, 0.3) is 0 Å². The molecule has 0 saturated carbocycles. The van der Waals surface area contributed by atoms with E-state index in [1.807, 2.05) is 20.8 Å². The lowest BCUT2D eigenvalue weighted by molar-refractivity contribution is -0.128. The maximum Gasteiger partial charge on any atom is 0.241 e. The minimum Gasteiger partial charge on any atom is -0.398 e. The molecule has 0 saturated heterocycles. The van der Waals surface area contributed by atoms with Gasteiger partial charge in [-0.3, -0.25) is 4.79 Å². The Bertz CT molecular complexity index is 430. The van der Waals surface area contributed by atoms with Crippen LogP contribution in [-0.2, 0) is 4.79 Å². The number of nitrogens with zero attached hydrogens (tertiary/aromatic N) is 1. The van der Waals surface area contributed by atoms with Crippen molar-refractivity contribution in [3.05, 3.63) is 22.7 Å². The minimum atomic E-state index is 0.0762. The van der Waals surface area contributed by atoms with E-state index >= 15 is 0 Å². The molecule has 1 rings (SSSR count). The summed E-state index contributed by atoms with van der Waals surface area (Å²) in [4.78, 5) is 13.6. The summed E-state index contributed by atoms with van der Waals surface area (Å²) in [5.74, 6) is 0.0762. The number of benzene rings is 1. The number of carbonyl (C=O) groups is 1. The second kappa shape index (κ2) is 6.50. The number of hydrogen-bond acceptors (Lipinski definition) is 3. The number of rotatable bonds is 5. The molecule has 1 amide bonds. The normalized spacial score (nSPS) is 10.2. The Labute approximate surface area is 113 Å². The number of nitrogens with two attached hydrogens (primary N) is 1. The molecule has 0 fully saturated rings. The zero-order valence-corrected chi connectivity index (χ0v) is 11.8. The molecule has 0 atom stereocenters. The fraction of sp³-hybridized carbons (Fsp3) is 0.462. The van der Waals surface area contributed by atoms with Crippen molar-refractivity contribution in [3.8, 4) is 0 Å². The van der Waals surface area contributed by atoms with Crippen molar-refractivity contribution in [1.82, 2.24) is 4.90 Å². The monoisotopic (exact) mass is 269 g/mol. The number of likely N-dealkylation sites (N-methyl/N-ethyl adjacent to an activating group) is 1. The third kappa shape index (κ3) is 3.53. The lowest BCUT2D eigenvalue weighted by Gasteiger charge is -2.19. The van der Waals surface area contributed by atoms with Gasteiger partial charge in [0.15, 0.2) is 0 Å². The lowest BCUT2D eigenvalue weighted by Crippen LogP contribution is -2.35. The van der Waals surface area contributed by atoms with Crippen LogP contribution < -0.4 is 11.1 Å². The van der Waals surface area contributed by atoms with E-state index in [4.69, 9.17) is 17.3 Å². The van der Waals surface area contributed by atoms with Crippen molar-refractivity contribution < 1.29 is 4.79 Å². The van der Waals surface area contributed by atoms with E-state index in [0.717, 1.165) is 24.3 Å². The Hall–Kier alpha value is -1.42. The van der Waals surface area contributed by atoms with E-state index in [1.165, 1.54) is 0 Å². The van der Waals surface area contributed by atoms with Crippen LogP contribution in [0.4, 0.5) is 11.4 Å². The molecule has 4 nitrogen and oxygen atoms in total. The molecule has 1 aromatic rings. The number of anilines is 2. The number of aryl methyl sites for hydroxylation is 1. The molecular formula is C13H20ClN3O. The number of halogens is 1. The van der Waals surface area contributed by atoms with Crippen LogP contribution >= 0.6 is 11.6 Å². The van der Waals surface area contributed by atoms with Gasteiger partial charge in [-0.1, -0.05) is 11.6 Å². The van der Waals surface area contributed by atoms with Crippen LogP contribution in [0.1, 0.15) is 19.4 Å². The van der Waals surface area contributed by atoms with Gasteiger partial charge in [0.1, 0.15) is 0 Å². The average Bonchev–Trinajstić information content (AvgIpc) is 2.33. The molecule has 0 radical (unpaired) electrons. The van der Waals surface area contributed by atoms with E-state index < -0.39 is 0 Å². The number of hydrogen-bond donors (Lipinski definition) is 2. The molecule has 18 heavy (non-hydrogen) atoms. The average molecular weight is 270 g/mol. The Balaban J connectivity index is 2.69. The van der Waals surface area contributed by atoms with Gasteiger partial charge in [-0.15, -0.1) is 0 Å². The van der Waals surface area contributed by atoms with Gasteiger partial charge in [-0.05, 0) is 38.5 Å². The van der Waals surface area contributed by atoms with Crippen molar-refractivity contribution in [1.29, 1.82) is 0 Å². The highest BCUT2D eigenvalue weighted by molar-refractivity contribution is 6.33. The van der Waals surface area contributed by atoms with Gasteiger partial charge in [-0.25, -0.2) is 0 Å². The molecule has 0 aliphatic heterocycles. The zero-order valence-electron chi connectivity index (χ0n) is 11.1. The second-order valence-corrected chi connectivity index (χ2v) is 4.52. The van der Waals surface area contributed by atoms with Crippen molar-refractivity contribution in [2.75, 3.05) is 30.7 Å². The summed E-state index contributed by atoms with van der Waals surface area (Å²) in [6.45, 7) is 7.57. The molecule has 0 aliphatic rings. The zero-order chi connectivity index (χ0) is 13.7. The second-order valence-electron chi connectivity index (χ2n) is 4.11. The Kier molecular flexibility index (Phi) is 5.28. The summed E-state index contributed by atoms with van der Waals surface area (Å²) in [7, 11) is 0. The predicted octanol–water partition coefficient (Wildman–Crippen LogP) is 2.51. The third-order valence-corrected chi connectivity index (χ3v) is 3.22. The van der Waals surface area contributed by atoms with Crippen molar-refractivity contribution >= 4 is 28.9 Å². The van der Waals surface area contributed by atoms with E-state index in [0.29, 0.717) is 10.7 Å². The first-order valence-corrected chi connectivity index (χ1v) is 6.44. The first-order valence-electron chi connectivity index (χ1n) is 6.06. The minimum absolute atomic E-state index is 0.0762. The molecule has 0 aromatic heterocycles. The molecule has 3 N–H and O–H groups in total. The summed E-state index contributed by atoms with van der Waals surface area (Å²) >= 11 is 5.96. The van der Waals surface area contributed by atoms with Gasteiger partial charge in [0, 0.05) is 18.8 Å². The molecule has 0 spiro atoms. The topological polar surface area (TPSA) is 58.4 Å². The lowest BCUT2D eigenvalue weighted by atomic mass is 10.2. The molecule has 0 bridgehead atoms. The molecule has 0 unspecified atom stereocenters. The molecular weight excluding hydrogens is 250 g/mol. The van der Waals surface area contributed by atoms with Crippen LogP contribution in [-0.4, -0.2) is 30.4 Å². The SMILES string of the molecule is CCN(CC)C(=O)CNc1cc(Cl)c(N)cc1C. The first kappa shape index (κ1) is 14.6. The Morgan fingerprint density at radius 1 is 1.39 bits per heavy atom. The van der Waals surface area contributed by atoms with Crippen LogP contribution in [0.15, 0.2) is 12.1 Å². The van der Waals surface area contributed by atoms with Gasteiger partial charge in [0.2, 0.25) is 5.91 Å². The summed E-state index contributed by atoms with van der Waals surface area (Å²) in [6.07, 6.45) is 0. The standard InChI is InChI=1S/C13H20ClN3O/c1-4-17(5-2)13(18)8-16-12-7-10(14)11(15)6-9(12)3/h6-7,16H,4-5,8,15H2,1-3H3. The number of carbonyl (C=O) groups excluding carboxylic acids is 1. The third-order valence-electron chi connectivity index (χ3n) is 2.89. The smallest absolute Gasteiger partial charge is 0.241 e. The highest BCUT2D eigenvalue weighted by Gasteiger charge is 2.10. The van der Waals surface area contributed by atoms with Crippen LogP contribution in [0.3, 0.4) is 0 Å². The maximum absolute atomic E-state index is 11.8. The molecule has 0 aliphatic carbocycles. The van der Waals surface area contributed by atoms with Crippen LogP contribution in [0.2, 0.25) is 5.02 Å². The molecule has 100 valence electrons. The van der Waals surface area contributed by atoms with Crippen molar-refractivity contribution in [3.63, 3.8) is 0 Å². The summed E-state index contributed by atoms with van der Waals surface area (Å²) < 4.78 is 0. The Morgan fingerprint density at radius 3 is 2.56 bits per heavy atom. The number of nitrogens with one attached hydrogen (secondary N) is 1. The highest BCUT2D eigenvalue weighted by atomic mass is 35.5. The molecule has 5 heteroatoms. The van der Waals surface area contributed by atoms with Gasteiger partial charge < -0.3 is 16.0 Å². The fourth-order valence-corrected chi connectivity index (χ4v) is 1.92. The van der Waals surface area contributed by atoms with E-state index in [2.05, 4.69) is 5.32 Å². The quantitative estimate of drug-likeness (QED) is 0.808. The van der Waals surface area contributed by atoms with Crippen LogP contribution in [0.25, 0.3) is 0 Å². The largest absolute Gasteiger partial charge is 0.398 e. The number of amides is 1. The van der Waals surface area contributed by atoms with E-state index in [9.17, 15) is 4.79 Å². The molecule has 1 aromatic carbocycles. The summed E-state index contributed by atoms with van der Waals surface area (Å²) in [6, 6.07) is 3.55. The number of nitrogen functional groups attached to an aromatic ring is 1. The van der Waals surface area contributed by atoms with Crippen molar-refractivity contribution in [2.24, 2.45) is 0 Å². The molecule has 0 heterocycles. The highest BCUT2D eigenvalue weighted by Crippen LogP contribution is 2.26. The van der Waals surface area contributed by atoms with Gasteiger partial charge in [0.05, 0.1) is 17.3 Å². The fourth-order valence-electron chi connectivity index (χ4n) is 1.75. The first-order chi connectivity index (χ1) is 8.49. The van der Waals surface area contributed by atoms with Gasteiger partial charge >= 0.3 is 0 Å². The predicted molar refractivity (Wildman–Crippen MR) is 77.0 cm³/mol. The van der Waals surface area contributed by atoms with Crippen LogP contribution in [0, 0.1) is 6.92 Å². The van der Waals surface area contributed by atoms with E-state index in [-0.39, 0.29) is 12.5 Å². The van der Waals surface area contributed by atoms with E-state index in [1.54, 1.807) is 17.0 Å². The summed E-state index contributed by atoms with van der Waals surface area (Å²) in [5.41, 5.74) is 8.07. The van der Waals surface area contributed by atoms with Crippen LogP contribution in [0.5, 0.6) is 0 Å². The van der Waals surface area contributed by atoms with Gasteiger partial charge in [-0.2, -0.15) is 0 Å².